The molecule has 0 bridgehead atoms. The van der Waals surface area contributed by atoms with Crippen LogP contribution in [0.4, 0.5) is 4.79 Å². The van der Waals surface area contributed by atoms with Gasteiger partial charge >= 0.3 is 6.09 Å². The molecule has 0 aromatic heterocycles. The van der Waals surface area contributed by atoms with E-state index in [1.165, 1.54) is 6.42 Å². The van der Waals surface area contributed by atoms with Crippen molar-refractivity contribution >= 4 is 12.1 Å². The minimum atomic E-state index is -0.491. The first kappa shape index (κ1) is 21.3. The van der Waals surface area contributed by atoms with Crippen LogP contribution in [0.2, 0.25) is 0 Å². The number of ether oxygens (including phenoxy) is 2. The molecule has 7 heteroatoms. The number of benzene rings is 1. The van der Waals surface area contributed by atoms with Gasteiger partial charge in [0, 0.05) is 32.2 Å². The first-order chi connectivity index (χ1) is 13.8. The summed E-state index contributed by atoms with van der Waals surface area (Å²) in [5.74, 6) is 1.78. The SMILES string of the molecule is CN=C(NCc1ccccc1OC1CCC1)N1CCC(NC(=O)OC(C)(C)C)C1. The van der Waals surface area contributed by atoms with E-state index < -0.39 is 5.60 Å². The van der Waals surface area contributed by atoms with Crippen molar-refractivity contribution in [2.24, 2.45) is 4.99 Å². The second-order valence-corrected chi connectivity index (χ2v) is 8.76. The third-order valence-electron chi connectivity index (χ3n) is 5.18. The number of carbonyl (C=O) groups excluding carboxylic acids is 1. The molecule has 1 amide bonds. The lowest BCUT2D eigenvalue weighted by molar-refractivity contribution is 0.0507. The lowest BCUT2D eigenvalue weighted by Crippen LogP contribution is -2.44. The van der Waals surface area contributed by atoms with Crippen LogP contribution >= 0.6 is 0 Å². The van der Waals surface area contributed by atoms with E-state index in [2.05, 4.69) is 26.6 Å². The van der Waals surface area contributed by atoms with Gasteiger partial charge in [-0.1, -0.05) is 18.2 Å². The van der Waals surface area contributed by atoms with Crippen LogP contribution in [-0.4, -0.2) is 54.8 Å². The second-order valence-electron chi connectivity index (χ2n) is 8.76. The van der Waals surface area contributed by atoms with Gasteiger partial charge in [0.1, 0.15) is 11.4 Å². The largest absolute Gasteiger partial charge is 0.490 e. The number of guanidine groups is 1. The summed E-state index contributed by atoms with van der Waals surface area (Å²) < 4.78 is 11.5. The normalized spacial score (nSPS) is 20.2. The molecule has 7 nitrogen and oxygen atoms in total. The highest BCUT2D eigenvalue weighted by atomic mass is 16.6. The maximum Gasteiger partial charge on any atom is 0.407 e. The molecule has 1 atom stereocenters. The topological polar surface area (TPSA) is 75.2 Å². The highest BCUT2D eigenvalue weighted by molar-refractivity contribution is 5.80. The number of nitrogens with one attached hydrogen (secondary N) is 2. The number of rotatable bonds is 5. The fourth-order valence-corrected chi connectivity index (χ4v) is 3.48. The van der Waals surface area contributed by atoms with Crippen LogP contribution in [-0.2, 0) is 11.3 Å². The van der Waals surface area contributed by atoms with Gasteiger partial charge in [0.25, 0.3) is 0 Å². The molecule has 2 aliphatic rings. The number of likely N-dealkylation sites (tertiary alicyclic amines) is 1. The van der Waals surface area contributed by atoms with Gasteiger partial charge in [-0.05, 0) is 52.5 Å². The van der Waals surface area contributed by atoms with Gasteiger partial charge in [-0.2, -0.15) is 0 Å². The van der Waals surface area contributed by atoms with Crippen LogP contribution in [0.1, 0.15) is 52.0 Å². The molecule has 0 radical (unpaired) electrons. The van der Waals surface area contributed by atoms with Crippen LogP contribution in [0.15, 0.2) is 29.3 Å². The van der Waals surface area contributed by atoms with Crippen molar-refractivity contribution in [1.29, 1.82) is 0 Å². The number of hydrogen-bond donors (Lipinski definition) is 2. The monoisotopic (exact) mass is 402 g/mol. The third kappa shape index (κ3) is 6.27. The van der Waals surface area contributed by atoms with E-state index in [9.17, 15) is 4.79 Å². The molecule has 1 aliphatic carbocycles. The average Bonchev–Trinajstić information content (AvgIpc) is 3.06. The molecule has 1 unspecified atom stereocenters. The smallest absolute Gasteiger partial charge is 0.407 e. The fourth-order valence-electron chi connectivity index (χ4n) is 3.48. The van der Waals surface area contributed by atoms with Crippen molar-refractivity contribution in [3.8, 4) is 5.75 Å². The molecule has 2 N–H and O–H groups in total. The predicted octanol–water partition coefficient (Wildman–Crippen LogP) is 3.29. The van der Waals surface area contributed by atoms with Gasteiger partial charge in [0.2, 0.25) is 0 Å². The predicted molar refractivity (Wildman–Crippen MR) is 114 cm³/mol. The van der Waals surface area contributed by atoms with Crippen LogP contribution < -0.4 is 15.4 Å². The minimum absolute atomic E-state index is 0.0534. The molecule has 0 spiro atoms. The number of amides is 1. The van der Waals surface area contributed by atoms with E-state index in [1.807, 2.05) is 39.0 Å². The Kier molecular flexibility index (Phi) is 6.87. The average molecular weight is 403 g/mol. The van der Waals surface area contributed by atoms with Crippen LogP contribution in [0.25, 0.3) is 0 Å². The van der Waals surface area contributed by atoms with E-state index in [0.29, 0.717) is 19.2 Å². The summed E-state index contributed by atoms with van der Waals surface area (Å²) in [5, 5.41) is 6.40. The van der Waals surface area contributed by atoms with Gasteiger partial charge in [-0.15, -0.1) is 0 Å². The van der Waals surface area contributed by atoms with E-state index in [1.54, 1.807) is 7.05 Å². The van der Waals surface area contributed by atoms with E-state index in [-0.39, 0.29) is 12.1 Å². The maximum atomic E-state index is 12.0. The highest BCUT2D eigenvalue weighted by Crippen LogP contribution is 2.27. The lowest BCUT2D eigenvalue weighted by atomic mass is 9.96. The molecule has 1 aromatic rings. The Morgan fingerprint density at radius 1 is 1.24 bits per heavy atom. The van der Waals surface area contributed by atoms with Crippen LogP contribution in [0.5, 0.6) is 5.75 Å². The van der Waals surface area contributed by atoms with Gasteiger partial charge in [-0.3, -0.25) is 4.99 Å². The Morgan fingerprint density at radius 2 is 2.00 bits per heavy atom. The summed E-state index contributed by atoms with van der Waals surface area (Å²) in [6.45, 7) is 7.79. The molecule has 1 saturated heterocycles. The van der Waals surface area contributed by atoms with Crippen molar-refractivity contribution < 1.29 is 14.3 Å². The number of aliphatic imine (C=N–C) groups is 1. The molecule has 1 heterocycles. The summed E-state index contributed by atoms with van der Waals surface area (Å²) in [4.78, 5) is 18.6. The van der Waals surface area contributed by atoms with E-state index in [0.717, 1.165) is 43.1 Å². The first-order valence-corrected chi connectivity index (χ1v) is 10.5. The molecule has 1 aliphatic heterocycles. The minimum Gasteiger partial charge on any atom is -0.490 e. The van der Waals surface area contributed by atoms with Crippen LogP contribution in [0, 0.1) is 0 Å². The third-order valence-corrected chi connectivity index (χ3v) is 5.18. The Morgan fingerprint density at radius 3 is 2.66 bits per heavy atom. The van der Waals surface area contributed by atoms with Gasteiger partial charge in [0.05, 0.1) is 12.1 Å². The quantitative estimate of drug-likeness (QED) is 0.584. The summed E-state index contributed by atoms with van der Waals surface area (Å²) >= 11 is 0. The second kappa shape index (κ2) is 9.37. The first-order valence-electron chi connectivity index (χ1n) is 10.5. The zero-order valence-corrected chi connectivity index (χ0v) is 18.0. The standard InChI is InChI=1S/C22H34N4O3/c1-22(2,3)29-21(27)25-17-12-13-26(15-17)20(23-4)24-14-16-8-5-6-11-19(16)28-18-9-7-10-18/h5-6,8,11,17-18H,7,9-10,12-15H2,1-4H3,(H,23,24)(H,25,27). The number of hydrogen-bond acceptors (Lipinski definition) is 4. The van der Waals surface area contributed by atoms with Crippen LogP contribution in [0.3, 0.4) is 0 Å². The Hall–Kier alpha value is -2.44. The Bertz CT molecular complexity index is 725. The fraction of sp³-hybridized carbons (Fsp3) is 0.636. The van der Waals surface area contributed by atoms with Gasteiger partial charge in [0.15, 0.2) is 5.96 Å². The summed E-state index contributed by atoms with van der Waals surface area (Å²) in [7, 11) is 1.79. The molecule has 1 saturated carbocycles. The zero-order chi connectivity index (χ0) is 20.9. The van der Waals surface area contributed by atoms with Crippen molar-refractivity contribution in [2.75, 3.05) is 20.1 Å². The zero-order valence-electron chi connectivity index (χ0n) is 18.0. The maximum absolute atomic E-state index is 12.0. The van der Waals surface area contributed by atoms with Gasteiger partial charge in [-0.25, -0.2) is 4.79 Å². The van der Waals surface area contributed by atoms with Crippen molar-refractivity contribution in [3.63, 3.8) is 0 Å². The van der Waals surface area contributed by atoms with Gasteiger partial charge < -0.3 is 25.0 Å². The number of carbonyl (C=O) groups is 1. The molecular formula is C22H34N4O3. The Balaban J connectivity index is 1.50. The number of nitrogens with zero attached hydrogens (tertiary/aromatic N) is 2. The Labute approximate surface area is 173 Å². The van der Waals surface area contributed by atoms with Crippen molar-refractivity contribution in [2.45, 2.75) is 70.7 Å². The molecule has 1 aromatic carbocycles. The number of para-hydroxylation sites is 1. The highest BCUT2D eigenvalue weighted by Gasteiger charge is 2.28. The van der Waals surface area contributed by atoms with Crippen molar-refractivity contribution in [3.05, 3.63) is 29.8 Å². The molecule has 29 heavy (non-hydrogen) atoms. The molecule has 160 valence electrons. The molecule has 2 fully saturated rings. The van der Waals surface area contributed by atoms with E-state index >= 15 is 0 Å². The molecule has 3 rings (SSSR count). The summed E-state index contributed by atoms with van der Waals surface area (Å²) in [5.41, 5.74) is 0.637. The summed E-state index contributed by atoms with van der Waals surface area (Å²) in [6.07, 6.45) is 4.39. The number of alkyl carbamates (subject to hydrolysis) is 1. The summed E-state index contributed by atoms with van der Waals surface area (Å²) in [6, 6.07) is 8.22. The van der Waals surface area contributed by atoms with E-state index in [4.69, 9.17) is 9.47 Å². The lowest BCUT2D eigenvalue weighted by Gasteiger charge is -2.28. The molecular weight excluding hydrogens is 368 g/mol. The van der Waals surface area contributed by atoms with Crippen molar-refractivity contribution in [1.82, 2.24) is 15.5 Å².